The summed E-state index contributed by atoms with van der Waals surface area (Å²) in [7, 11) is 0. The zero-order valence-electron chi connectivity index (χ0n) is 21.0. The summed E-state index contributed by atoms with van der Waals surface area (Å²) in [5.74, 6) is -1.71. The fourth-order valence-electron chi connectivity index (χ4n) is 6.05. The van der Waals surface area contributed by atoms with Crippen molar-refractivity contribution in [2.45, 2.75) is 51.7 Å². The molecule has 1 fully saturated rings. The van der Waals surface area contributed by atoms with Gasteiger partial charge in [-0.2, -0.15) is 0 Å². The number of rotatable bonds is 5. The van der Waals surface area contributed by atoms with E-state index in [1.54, 1.807) is 0 Å². The summed E-state index contributed by atoms with van der Waals surface area (Å²) in [5, 5.41) is 6.37. The minimum Gasteiger partial charge on any atom is -0.365 e. The molecule has 2 aliphatic rings. The number of fused-ring (bicyclic) bond motifs is 2. The van der Waals surface area contributed by atoms with E-state index >= 15 is 0 Å². The molecule has 0 bridgehead atoms. The van der Waals surface area contributed by atoms with Crippen LogP contribution in [0.2, 0.25) is 0 Å². The van der Waals surface area contributed by atoms with Crippen molar-refractivity contribution in [1.29, 1.82) is 0 Å². The van der Waals surface area contributed by atoms with E-state index in [0.717, 1.165) is 40.8 Å². The third-order valence-corrected chi connectivity index (χ3v) is 7.73. The van der Waals surface area contributed by atoms with Gasteiger partial charge in [-0.1, -0.05) is 36.4 Å². The van der Waals surface area contributed by atoms with Crippen LogP contribution >= 0.6 is 0 Å². The molecule has 0 aromatic heterocycles. The Morgan fingerprint density at radius 3 is 2.69 bits per heavy atom. The van der Waals surface area contributed by atoms with Gasteiger partial charge in [0.15, 0.2) is 11.6 Å². The van der Waals surface area contributed by atoms with Gasteiger partial charge in [-0.15, -0.1) is 0 Å². The molecule has 6 heteroatoms. The van der Waals surface area contributed by atoms with Gasteiger partial charge < -0.3 is 15.4 Å². The molecule has 188 valence electrons. The molecular weight excluding hydrogens is 458 g/mol. The summed E-state index contributed by atoms with van der Waals surface area (Å²) in [4.78, 5) is 11.3. The number of nitrogens with one attached hydrogen (secondary N) is 2. The second kappa shape index (κ2) is 9.75. The number of carbonyl (C=O) groups excluding carboxylic acids is 1. The van der Waals surface area contributed by atoms with Crippen LogP contribution < -0.4 is 10.6 Å². The van der Waals surface area contributed by atoms with Gasteiger partial charge in [0.05, 0.1) is 6.61 Å². The Morgan fingerprint density at radius 2 is 1.92 bits per heavy atom. The zero-order chi connectivity index (χ0) is 25.4. The van der Waals surface area contributed by atoms with Crippen molar-refractivity contribution in [1.82, 2.24) is 10.6 Å². The second-order valence-corrected chi connectivity index (χ2v) is 10.0. The van der Waals surface area contributed by atoms with Crippen molar-refractivity contribution in [2.24, 2.45) is 0 Å². The van der Waals surface area contributed by atoms with Crippen molar-refractivity contribution in [3.05, 3.63) is 93.5 Å². The van der Waals surface area contributed by atoms with Crippen molar-refractivity contribution >= 4 is 5.91 Å². The van der Waals surface area contributed by atoms with Crippen LogP contribution in [0.15, 0.2) is 48.5 Å². The maximum atomic E-state index is 14.3. The summed E-state index contributed by atoms with van der Waals surface area (Å²) < 4.78 is 34.6. The van der Waals surface area contributed by atoms with Gasteiger partial charge >= 0.3 is 0 Å². The molecule has 1 saturated heterocycles. The Bertz CT molecular complexity index is 1320. The topological polar surface area (TPSA) is 50.4 Å². The van der Waals surface area contributed by atoms with E-state index < -0.39 is 17.2 Å². The van der Waals surface area contributed by atoms with Gasteiger partial charge in [0.2, 0.25) is 5.91 Å². The van der Waals surface area contributed by atoms with E-state index in [1.165, 1.54) is 35.7 Å². The normalized spacial score (nSPS) is 21.0. The van der Waals surface area contributed by atoms with Crippen LogP contribution in [0.1, 0.15) is 52.6 Å². The SMILES string of the molecule is CC(=O)NCCc1cccc(C)c1-c1ccc(C2CNCCC23OCc2cc(F)c(F)cc23)c(C)c1. The van der Waals surface area contributed by atoms with Gasteiger partial charge in [-0.05, 0) is 89.9 Å². The largest absolute Gasteiger partial charge is 0.365 e. The highest BCUT2D eigenvalue weighted by Crippen LogP contribution is 2.51. The number of benzene rings is 3. The van der Waals surface area contributed by atoms with Crippen molar-refractivity contribution < 1.29 is 18.3 Å². The highest BCUT2D eigenvalue weighted by Gasteiger charge is 2.49. The van der Waals surface area contributed by atoms with E-state index in [2.05, 4.69) is 60.9 Å². The second-order valence-electron chi connectivity index (χ2n) is 10.0. The molecule has 36 heavy (non-hydrogen) atoms. The molecule has 1 spiro atoms. The standard InChI is InChI=1S/C30H32F2N2O2/c1-18-5-4-6-21(9-11-34-20(3)35)29(18)22-7-8-24(19(2)13-22)26-16-33-12-10-30(26)25-15-28(32)27(31)14-23(25)17-36-30/h4-8,13-15,26,33H,9-12,16-17H2,1-3H3,(H,34,35). The molecule has 2 unspecified atom stereocenters. The Labute approximate surface area is 211 Å². The number of aryl methyl sites for hydroxylation is 2. The molecule has 2 heterocycles. The molecule has 0 aliphatic carbocycles. The quantitative estimate of drug-likeness (QED) is 0.502. The van der Waals surface area contributed by atoms with E-state index in [4.69, 9.17) is 4.74 Å². The molecule has 0 saturated carbocycles. The molecule has 3 aromatic carbocycles. The first kappa shape index (κ1) is 24.6. The lowest BCUT2D eigenvalue weighted by Gasteiger charge is -2.42. The molecule has 2 N–H and O–H groups in total. The summed E-state index contributed by atoms with van der Waals surface area (Å²) in [6, 6.07) is 15.4. The van der Waals surface area contributed by atoms with E-state index in [1.807, 2.05) is 0 Å². The molecule has 1 amide bonds. The Morgan fingerprint density at radius 1 is 1.11 bits per heavy atom. The van der Waals surface area contributed by atoms with Crippen LogP contribution in [0, 0.1) is 25.5 Å². The molecule has 0 radical (unpaired) electrons. The van der Waals surface area contributed by atoms with Crippen LogP contribution in [0.5, 0.6) is 0 Å². The first-order chi connectivity index (χ1) is 17.3. The average Bonchev–Trinajstić information content (AvgIpc) is 3.17. The third-order valence-electron chi connectivity index (χ3n) is 7.73. The van der Waals surface area contributed by atoms with Crippen LogP contribution in [0.3, 0.4) is 0 Å². The molecule has 2 atom stereocenters. The predicted molar refractivity (Wildman–Crippen MR) is 137 cm³/mol. The number of amides is 1. The number of hydrogen-bond donors (Lipinski definition) is 2. The van der Waals surface area contributed by atoms with Gasteiger partial charge in [0, 0.05) is 25.9 Å². The van der Waals surface area contributed by atoms with Crippen molar-refractivity contribution in [2.75, 3.05) is 19.6 Å². The van der Waals surface area contributed by atoms with Crippen LogP contribution in [0.25, 0.3) is 11.1 Å². The smallest absolute Gasteiger partial charge is 0.216 e. The lowest BCUT2D eigenvalue weighted by atomic mass is 9.71. The maximum absolute atomic E-state index is 14.3. The number of ether oxygens (including phenoxy) is 1. The third kappa shape index (κ3) is 4.33. The summed E-state index contributed by atoms with van der Waals surface area (Å²) in [6.07, 6.45) is 1.45. The van der Waals surface area contributed by atoms with Crippen LogP contribution in [0.4, 0.5) is 8.78 Å². The Hall–Kier alpha value is -3.09. The van der Waals surface area contributed by atoms with E-state index in [-0.39, 0.29) is 11.8 Å². The first-order valence-electron chi connectivity index (χ1n) is 12.6. The predicted octanol–water partition coefficient (Wildman–Crippen LogP) is 5.43. The van der Waals surface area contributed by atoms with E-state index in [9.17, 15) is 13.6 Å². The van der Waals surface area contributed by atoms with Gasteiger partial charge in [0.1, 0.15) is 5.60 Å². The Kier molecular flexibility index (Phi) is 6.66. The maximum Gasteiger partial charge on any atom is 0.216 e. The highest BCUT2D eigenvalue weighted by molar-refractivity contribution is 5.74. The molecule has 3 aromatic rings. The monoisotopic (exact) mass is 490 g/mol. The van der Waals surface area contributed by atoms with Crippen LogP contribution in [-0.2, 0) is 28.2 Å². The van der Waals surface area contributed by atoms with Gasteiger partial charge in [0.25, 0.3) is 0 Å². The summed E-state index contributed by atoms with van der Waals surface area (Å²) in [6.45, 7) is 8.09. The molecule has 5 rings (SSSR count). The fourth-order valence-corrected chi connectivity index (χ4v) is 6.05. The zero-order valence-corrected chi connectivity index (χ0v) is 21.0. The summed E-state index contributed by atoms with van der Waals surface area (Å²) >= 11 is 0. The van der Waals surface area contributed by atoms with E-state index in [0.29, 0.717) is 26.1 Å². The minimum atomic E-state index is -0.826. The lowest BCUT2D eigenvalue weighted by Crippen LogP contribution is -2.46. The van der Waals surface area contributed by atoms with Crippen molar-refractivity contribution in [3.63, 3.8) is 0 Å². The Balaban J connectivity index is 1.52. The number of halogens is 2. The average molecular weight is 491 g/mol. The minimum absolute atomic E-state index is 0.0254. The van der Waals surface area contributed by atoms with Crippen molar-refractivity contribution in [3.8, 4) is 11.1 Å². The highest BCUT2D eigenvalue weighted by atomic mass is 19.2. The lowest BCUT2D eigenvalue weighted by molar-refractivity contribution is -0.118. The van der Waals surface area contributed by atoms with Crippen LogP contribution in [-0.4, -0.2) is 25.5 Å². The first-order valence-corrected chi connectivity index (χ1v) is 12.6. The number of carbonyl (C=O) groups is 1. The molecular formula is C30H32F2N2O2. The summed E-state index contributed by atoms with van der Waals surface area (Å²) in [5.41, 5.74) is 7.82. The number of hydrogen-bond acceptors (Lipinski definition) is 3. The fraction of sp³-hybridized carbons (Fsp3) is 0.367. The molecule has 2 aliphatic heterocycles. The number of piperidine rings is 1. The van der Waals surface area contributed by atoms with Gasteiger partial charge in [-0.3, -0.25) is 4.79 Å². The molecule has 4 nitrogen and oxygen atoms in total. The van der Waals surface area contributed by atoms with Gasteiger partial charge in [-0.25, -0.2) is 8.78 Å².